The van der Waals surface area contributed by atoms with E-state index in [1.807, 2.05) is 24.3 Å². The monoisotopic (exact) mass is 487 g/mol. The second-order valence-electron chi connectivity index (χ2n) is 5.72. The number of hydrogen-bond donors (Lipinski definition) is 3. The van der Waals surface area contributed by atoms with Crippen LogP contribution in [0.1, 0.15) is 0 Å². The third-order valence-corrected chi connectivity index (χ3v) is 5.32. The van der Waals surface area contributed by atoms with Gasteiger partial charge in [0.25, 0.3) is 0 Å². The molecule has 3 rings (SSSR count). The fraction of sp³-hybridized carbons (Fsp3) is 0. The van der Waals surface area contributed by atoms with Crippen molar-refractivity contribution in [1.29, 1.82) is 0 Å². The van der Waals surface area contributed by atoms with Crippen LogP contribution in [0.25, 0.3) is 4.72 Å². The van der Waals surface area contributed by atoms with Gasteiger partial charge in [-0.25, -0.2) is 13.4 Å². The molecule has 0 aliphatic rings. The van der Waals surface area contributed by atoms with Gasteiger partial charge in [0.05, 0.1) is 10.6 Å². The summed E-state index contributed by atoms with van der Waals surface area (Å²) in [5, 5.41) is 2.88. The fourth-order valence-corrected chi connectivity index (χ4v) is 3.39. The van der Waals surface area contributed by atoms with Crippen molar-refractivity contribution in [1.82, 2.24) is 9.97 Å². The fourth-order valence-electron chi connectivity index (χ4n) is 2.20. The first-order valence-corrected chi connectivity index (χ1v) is 10.6. The Balaban J connectivity index is 1.69. The van der Waals surface area contributed by atoms with Crippen molar-refractivity contribution in [2.45, 2.75) is 4.90 Å². The van der Waals surface area contributed by atoms with Crippen LogP contribution in [0.4, 0.5) is 17.2 Å². The van der Waals surface area contributed by atoms with E-state index >= 15 is 0 Å². The van der Waals surface area contributed by atoms with E-state index in [0.29, 0.717) is 5.69 Å². The first kappa shape index (κ1) is 21.2. The highest BCUT2D eigenvalue weighted by molar-refractivity contribution is 9.10. The zero-order valence-corrected chi connectivity index (χ0v) is 17.7. The van der Waals surface area contributed by atoms with Crippen molar-refractivity contribution in [2.24, 2.45) is 21.5 Å². The molecule has 0 bridgehead atoms. The van der Waals surface area contributed by atoms with Crippen LogP contribution in [-0.2, 0) is 10.0 Å². The summed E-state index contributed by atoms with van der Waals surface area (Å²) < 4.78 is 29.2. The van der Waals surface area contributed by atoms with Gasteiger partial charge in [-0.1, -0.05) is 22.1 Å². The molecule has 0 atom stereocenters. The van der Waals surface area contributed by atoms with E-state index in [-0.39, 0.29) is 22.6 Å². The van der Waals surface area contributed by atoms with Crippen LogP contribution in [0, 0.1) is 0 Å². The van der Waals surface area contributed by atoms with E-state index in [0.717, 1.165) is 10.2 Å². The van der Waals surface area contributed by atoms with Gasteiger partial charge in [-0.05, 0) is 54.3 Å². The number of hydrogen-bond acceptors (Lipinski definition) is 5. The van der Waals surface area contributed by atoms with Crippen LogP contribution in [0.15, 0.2) is 86.5 Å². The summed E-state index contributed by atoms with van der Waals surface area (Å²) in [4.78, 5) is 15.6. The predicted molar refractivity (Wildman–Crippen MR) is 119 cm³/mol. The number of nitrogens with two attached hydrogens (primary N) is 2. The summed E-state index contributed by atoms with van der Waals surface area (Å²) in [7, 11) is -3.93. The highest BCUT2D eigenvalue weighted by Crippen LogP contribution is 2.26. The Labute approximate surface area is 181 Å². The van der Waals surface area contributed by atoms with Crippen molar-refractivity contribution in [3.63, 3.8) is 0 Å². The van der Waals surface area contributed by atoms with Crippen molar-refractivity contribution in [3.8, 4) is 0 Å². The number of benzene rings is 2. The predicted octanol–water partition coefficient (Wildman–Crippen LogP) is 3.01. The van der Waals surface area contributed by atoms with Crippen LogP contribution in [0.2, 0.25) is 0 Å². The molecule has 2 aromatic carbocycles. The zero-order chi connectivity index (χ0) is 21.6. The van der Waals surface area contributed by atoms with Crippen molar-refractivity contribution in [3.05, 3.63) is 76.3 Å². The van der Waals surface area contributed by atoms with Gasteiger partial charge < -0.3 is 26.5 Å². The Morgan fingerprint density at radius 2 is 1.73 bits per heavy atom. The summed E-state index contributed by atoms with van der Waals surface area (Å²) in [6.07, 6.45) is 4.03. The molecule has 0 spiro atoms. The topological polar surface area (TPSA) is 163 Å². The summed E-state index contributed by atoms with van der Waals surface area (Å²) in [6, 6.07) is 13.0. The zero-order valence-electron chi connectivity index (χ0n) is 15.3. The van der Waals surface area contributed by atoms with Gasteiger partial charge in [0.15, 0.2) is 0 Å². The van der Waals surface area contributed by atoms with E-state index < -0.39 is 10.0 Å². The van der Waals surface area contributed by atoms with Gasteiger partial charge >= 0.3 is 0 Å². The normalized spacial score (nSPS) is 12.4. The molecule has 0 saturated heterocycles. The Morgan fingerprint density at radius 3 is 2.37 bits per heavy atom. The molecule has 0 aliphatic carbocycles. The lowest BCUT2D eigenvalue weighted by atomic mass is 10.3. The maximum Gasteiger partial charge on any atom is 0.223 e. The number of nitrogens with zero attached hydrogens (tertiary/aromatic N) is 5. The molecule has 0 aliphatic heterocycles. The molecule has 3 aromatic rings. The molecular formula is C18H16BrN8O2S-. The van der Waals surface area contributed by atoms with Gasteiger partial charge in [0.1, 0.15) is 0 Å². The highest BCUT2D eigenvalue weighted by Gasteiger charge is 2.09. The van der Waals surface area contributed by atoms with Crippen molar-refractivity contribution >= 4 is 55.1 Å². The average molecular weight is 488 g/mol. The molecule has 30 heavy (non-hydrogen) atoms. The lowest BCUT2D eigenvalue weighted by Crippen LogP contribution is -2.25. The molecule has 5 N–H and O–H groups in total. The first-order valence-electron chi connectivity index (χ1n) is 8.37. The first-order chi connectivity index (χ1) is 14.3. The molecule has 0 radical (unpaired) electrons. The van der Waals surface area contributed by atoms with E-state index in [2.05, 4.69) is 45.9 Å². The quantitative estimate of drug-likeness (QED) is 0.367. The average Bonchev–Trinajstić information content (AvgIpc) is 2.70. The lowest BCUT2D eigenvalue weighted by Gasteiger charge is -2.14. The largest absolute Gasteiger partial charge is 0.440 e. The molecule has 154 valence electrons. The van der Waals surface area contributed by atoms with Gasteiger partial charge in [0, 0.05) is 22.6 Å². The lowest BCUT2D eigenvalue weighted by molar-refractivity contribution is 0.603. The van der Waals surface area contributed by atoms with E-state index in [4.69, 9.17) is 11.5 Å². The third-order valence-electron chi connectivity index (χ3n) is 3.49. The molecule has 1 heterocycles. The molecular weight excluding hydrogens is 472 g/mol. The Morgan fingerprint density at radius 1 is 1.03 bits per heavy atom. The van der Waals surface area contributed by atoms with Crippen LogP contribution < -0.4 is 16.8 Å². The summed E-state index contributed by atoms with van der Waals surface area (Å²) in [5.74, 6) is -0.0514. The second kappa shape index (κ2) is 9.33. The van der Waals surface area contributed by atoms with E-state index in [1.165, 1.54) is 42.9 Å². The molecule has 0 fully saturated rings. The second-order valence-corrected chi connectivity index (χ2v) is 8.24. The Hall–Kier alpha value is -3.51. The van der Waals surface area contributed by atoms with Crippen molar-refractivity contribution < 1.29 is 8.42 Å². The van der Waals surface area contributed by atoms with Gasteiger partial charge in [-0.2, -0.15) is 4.99 Å². The molecule has 10 nitrogen and oxygen atoms in total. The van der Waals surface area contributed by atoms with Crippen molar-refractivity contribution in [2.75, 3.05) is 5.32 Å². The minimum atomic E-state index is -3.93. The number of guanidine groups is 2. The van der Waals surface area contributed by atoms with Crippen LogP contribution in [-0.4, -0.2) is 30.3 Å². The third kappa shape index (κ3) is 5.99. The van der Waals surface area contributed by atoms with Gasteiger partial charge in [0.2, 0.25) is 21.9 Å². The van der Waals surface area contributed by atoms with Gasteiger partial charge in [-0.3, -0.25) is 4.98 Å². The molecule has 12 heteroatoms. The van der Waals surface area contributed by atoms with Gasteiger partial charge in [-0.15, -0.1) is 0 Å². The number of halogens is 1. The Bertz CT molecular complexity index is 1170. The number of aliphatic imine (C=N–C) groups is 2. The highest BCUT2D eigenvalue weighted by atomic mass is 79.9. The van der Waals surface area contributed by atoms with Crippen LogP contribution in [0.5, 0.6) is 0 Å². The molecule has 0 saturated carbocycles. The number of nitrogens with one attached hydrogen (secondary N) is 1. The standard InChI is InChI=1S/C18H16BrN8O2S/c19-12-1-3-13(4-2-12)24-17(20)26-18(21)25-14-5-7-15(8-6-14)30(28,29)27-16-11-22-9-10-23-16/h1-11H,(H5-,20,21,23,24,25,26,27)/q-1. The molecule has 0 unspecified atom stereocenters. The smallest absolute Gasteiger partial charge is 0.223 e. The number of sulfonamides is 1. The minimum absolute atomic E-state index is 0.00747. The van der Waals surface area contributed by atoms with E-state index in [1.54, 1.807) is 0 Å². The van der Waals surface area contributed by atoms with Crippen LogP contribution >= 0.6 is 15.9 Å². The minimum Gasteiger partial charge on any atom is -0.440 e. The maximum atomic E-state index is 12.3. The molecule has 0 amide bonds. The van der Waals surface area contributed by atoms with E-state index in [9.17, 15) is 8.42 Å². The Kier molecular flexibility index (Phi) is 6.59. The summed E-state index contributed by atoms with van der Waals surface area (Å²) in [6.45, 7) is 0. The number of rotatable bonds is 5. The summed E-state index contributed by atoms with van der Waals surface area (Å²) in [5.41, 5.74) is 12.7. The molecule has 1 aromatic heterocycles. The maximum absolute atomic E-state index is 12.3. The SMILES string of the molecule is NC(=Nc1ccc(S(=O)(=O)[N-]c2cnccn2)cc1)N=C(N)Nc1ccc(Br)cc1. The number of aromatic nitrogens is 2. The van der Waals surface area contributed by atoms with Crippen LogP contribution in [0.3, 0.4) is 0 Å². The summed E-state index contributed by atoms with van der Waals surface area (Å²) >= 11 is 3.34. The number of anilines is 1.